The molecule has 1 N–H and O–H groups in total. The zero-order chi connectivity index (χ0) is 16.4. The van der Waals surface area contributed by atoms with Crippen molar-refractivity contribution in [2.45, 2.75) is 18.8 Å². The number of aromatic nitrogens is 3. The van der Waals surface area contributed by atoms with Crippen LogP contribution in [0.25, 0.3) is 0 Å². The summed E-state index contributed by atoms with van der Waals surface area (Å²) in [6, 6.07) is 6.85. The normalized spacial score (nSPS) is 12.4. The highest BCUT2D eigenvalue weighted by atomic mass is 32.2. The van der Waals surface area contributed by atoms with Crippen LogP contribution in [0.4, 0.5) is 18.9 Å². The van der Waals surface area contributed by atoms with Crippen LogP contribution in [-0.2, 0) is 23.3 Å². The molecule has 0 atom stereocenters. The summed E-state index contributed by atoms with van der Waals surface area (Å²) in [7, 11) is -5.59. The van der Waals surface area contributed by atoms with Crippen LogP contribution in [0.2, 0.25) is 0 Å². The lowest BCUT2D eigenvalue weighted by Gasteiger charge is -2.24. The van der Waals surface area contributed by atoms with Gasteiger partial charge in [-0.1, -0.05) is 18.2 Å². The number of alkyl halides is 3. The summed E-state index contributed by atoms with van der Waals surface area (Å²) in [5.41, 5.74) is -5.64. The molecule has 0 bridgehead atoms. The van der Waals surface area contributed by atoms with Gasteiger partial charge in [0, 0.05) is 0 Å². The van der Waals surface area contributed by atoms with Crippen LogP contribution in [0, 0.1) is 0 Å². The van der Waals surface area contributed by atoms with Crippen molar-refractivity contribution in [3.8, 4) is 0 Å². The highest BCUT2D eigenvalue weighted by molar-refractivity contribution is 7.93. The molecule has 120 valence electrons. The van der Waals surface area contributed by atoms with Gasteiger partial charge in [-0.2, -0.15) is 36.6 Å². The summed E-state index contributed by atoms with van der Waals surface area (Å²) in [5, 5.41) is 16.1. The molecule has 11 heteroatoms. The lowest BCUT2D eigenvalue weighted by Crippen LogP contribution is -2.40. The molecular weight excluding hydrogens is 325 g/mol. The summed E-state index contributed by atoms with van der Waals surface area (Å²) < 4.78 is 62.2. The molecule has 0 unspecified atom stereocenters. The number of hydrogen-bond donors (Lipinski definition) is 1. The molecule has 0 spiro atoms. The molecule has 1 aromatic heterocycles. The van der Waals surface area contributed by atoms with E-state index in [9.17, 15) is 21.6 Å². The van der Waals surface area contributed by atoms with Crippen molar-refractivity contribution >= 4 is 15.7 Å². The van der Waals surface area contributed by atoms with E-state index in [1.54, 1.807) is 6.07 Å². The first-order chi connectivity index (χ1) is 10.3. The Bertz CT molecular complexity index is 731. The van der Waals surface area contributed by atoms with E-state index in [1.165, 1.54) is 24.3 Å². The third kappa shape index (κ3) is 3.20. The Morgan fingerprint density at radius 3 is 2.36 bits per heavy atom. The second-order valence-corrected chi connectivity index (χ2v) is 6.00. The van der Waals surface area contributed by atoms with E-state index in [-0.39, 0.29) is 15.7 Å². The van der Waals surface area contributed by atoms with E-state index >= 15 is 0 Å². The molecule has 22 heavy (non-hydrogen) atoms. The summed E-state index contributed by atoms with van der Waals surface area (Å²) in [4.78, 5) is 0.818. The number of benzene rings is 1. The van der Waals surface area contributed by atoms with Crippen molar-refractivity contribution in [2.24, 2.45) is 0 Å². The number of halogens is 3. The molecule has 0 amide bonds. The minimum atomic E-state index is -5.59. The van der Waals surface area contributed by atoms with Crippen LogP contribution in [0.3, 0.4) is 0 Å². The number of aliphatic hydroxyl groups excluding tert-OH is 1. The molecule has 0 radical (unpaired) electrons. The summed E-state index contributed by atoms with van der Waals surface area (Å²) in [5.74, 6) is 0. The Morgan fingerprint density at radius 1 is 1.23 bits per heavy atom. The van der Waals surface area contributed by atoms with Gasteiger partial charge in [0.25, 0.3) is 0 Å². The molecule has 2 rings (SSSR count). The average molecular weight is 336 g/mol. The van der Waals surface area contributed by atoms with Gasteiger partial charge < -0.3 is 5.11 Å². The number of sulfonamides is 1. The van der Waals surface area contributed by atoms with E-state index in [0.29, 0.717) is 0 Å². The number of hydrogen-bond acceptors (Lipinski definition) is 5. The second-order valence-electron chi connectivity index (χ2n) is 4.14. The second kappa shape index (κ2) is 5.93. The summed E-state index contributed by atoms with van der Waals surface area (Å²) in [6.45, 7) is -1.23. The van der Waals surface area contributed by atoms with Gasteiger partial charge in [0.15, 0.2) is 6.73 Å². The first-order valence-electron chi connectivity index (χ1n) is 5.89. The van der Waals surface area contributed by atoms with Crippen LogP contribution in [0.1, 0.15) is 5.69 Å². The van der Waals surface area contributed by atoms with Gasteiger partial charge >= 0.3 is 15.5 Å². The zero-order valence-corrected chi connectivity index (χ0v) is 11.8. The predicted molar refractivity (Wildman–Crippen MR) is 69.8 cm³/mol. The maximum atomic E-state index is 12.8. The Morgan fingerprint density at radius 2 is 1.86 bits per heavy atom. The number of anilines is 1. The van der Waals surface area contributed by atoms with Gasteiger partial charge in [-0.3, -0.25) is 4.31 Å². The van der Waals surface area contributed by atoms with Crippen LogP contribution in [0.15, 0.2) is 36.5 Å². The van der Waals surface area contributed by atoms with E-state index in [4.69, 9.17) is 5.11 Å². The Kier molecular flexibility index (Phi) is 4.37. The van der Waals surface area contributed by atoms with Gasteiger partial charge in [-0.15, -0.1) is 0 Å². The zero-order valence-electron chi connectivity index (χ0n) is 11.0. The van der Waals surface area contributed by atoms with Gasteiger partial charge in [0.1, 0.15) is 5.69 Å². The average Bonchev–Trinajstić information content (AvgIpc) is 2.92. The van der Waals surface area contributed by atoms with Gasteiger partial charge in [0.2, 0.25) is 0 Å². The van der Waals surface area contributed by atoms with Gasteiger partial charge in [0.05, 0.1) is 18.4 Å². The van der Waals surface area contributed by atoms with E-state index < -0.39 is 28.8 Å². The van der Waals surface area contributed by atoms with Gasteiger partial charge in [-0.25, -0.2) is 0 Å². The first kappa shape index (κ1) is 16.2. The summed E-state index contributed by atoms with van der Waals surface area (Å²) in [6.07, 6.45) is 1.08. The number of rotatable bonds is 5. The first-order valence-corrected chi connectivity index (χ1v) is 7.33. The highest BCUT2D eigenvalue weighted by Gasteiger charge is 2.50. The van der Waals surface area contributed by atoms with E-state index in [2.05, 4.69) is 10.2 Å². The fourth-order valence-electron chi connectivity index (χ4n) is 1.66. The minimum Gasteiger partial charge on any atom is -0.373 e. The SMILES string of the molecule is O=S(=O)(N(Cc1cnn(CO)n1)c1ccccc1)C(F)(F)F. The quantitative estimate of drug-likeness (QED) is 0.883. The van der Waals surface area contributed by atoms with Crippen molar-refractivity contribution < 1.29 is 26.7 Å². The molecular formula is C11H11F3N4O3S. The monoisotopic (exact) mass is 336 g/mol. The number of para-hydroxylation sites is 1. The fraction of sp³-hybridized carbons (Fsp3) is 0.273. The molecule has 1 heterocycles. The van der Waals surface area contributed by atoms with Crippen molar-refractivity contribution in [1.29, 1.82) is 0 Å². The van der Waals surface area contributed by atoms with E-state index in [1.807, 2.05) is 0 Å². The van der Waals surface area contributed by atoms with Crippen LogP contribution >= 0.6 is 0 Å². The third-order valence-corrected chi connectivity index (χ3v) is 4.15. The maximum Gasteiger partial charge on any atom is 0.516 e. The van der Waals surface area contributed by atoms with Crippen LogP contribution in [-0.4, -0.2) is 34.0 Å². The lowest BCUT2D eigenvalue weighted by atomic mass is 10.3. The number of aliphatic hydroxyl groups is 1. The maximum absolute atomic E-state index is 12.8. The standard InChI is InChI=1S/C11H11F3N4O3S/c12-11(13,14)22(20,21)17(10-4-2-1-3-5-10)7-9-6-15-18(8-19)16-9/h1-6,19H,7-8H2. The molecule has 1 aromatic carbocycles. The number of nitrogens with zero attached hydrogens (tertiary/aromatic N) is 4. The molecule has 0 aliphatic heterocycles. The highest BCUT2D eigenvalue weighted by Crippen LogP contribution is 2.31. The smallest absolute Gasteiger partial charge is 0.373 e. The fourth-order valence-corrected chi connectivity index (χ4v) is 2.61. The molecule has 0 saturated carbocycles. The predicted octanol–water partition coefficient (Wildman–Crippen LogP) is 1.08. The molecule has 0 saturated heterocycles. The minimum absolute atomic E-state index is 0.0364. The Labute approximate surface area is 123 Å². The van der Waals surface area contributed by atoms with Crippen molar-refractivity contribution in [3.05, 3.63) is 42.2 Å². The largest absolute Gasteiger partial charge is 0.516 e. The van der Waals surface area contributed by atoms with Crippen molar-refractivity contribution in [3.63, 3.8) is 0 Å². The molecule has 0 aliphatic carbocycles. The van der Waals surface area contributed by atoms with Crippen molar-refractivity contribution in [1.82, 2.24) is 15.0 Å². The summed E-state index contributed by atoms with van der Waals surface area (Å²) >= 11 is 0. The topological polar surface area (TPSA) is 88.3 Å². The Hall–Kier alpha value is -2.14. The lowest BCUT2D eigenvalue weighted by molar-refractivity contribution is -0.0438. The van der Waals surface area contributed by atoms with Crippen LogP contribution < -0.4 is 4.31 Å². The van der Waals surface area contributed by atoms with E-state index in [0.717, 1.165) is 11.0 Å². The van der Waals surface area contributed by atoms with Crippen molar-refractivity contribution in [2.75, 3.05) is 4.31 Å². The van der Waals surface area contributed by atoms with Crippen LogP contribution in [0.5, 0.6) is 0 Å². The molecule has 7 nitrogen and oxygen atoms in total. The molecule has 2 aromatic rings. The van der Waals surface area contributed by atoms with Gasteiger partial charge in [-0.05, 0) is 12.1 Å². The molecule has 0 aliphatic rings. The molecule has 0 fully saturated rings. The third-order valence-electron chi connectivity index (χ3n) is 2.64. The Balaban J connectivity index is 2.43.